The maximum absolute atomic E-state index is 14.0. The minimum absolute atomic E-state index is 0.0233. The van der Waals surface area contributed by atoms with E-state index < -0.39 is 47.7 Å². The van der Waals surface area contributed by atoms with Gasteiger partial charge in [0.2, 0.25) is 0 Å². The predicted octanol–water partition coefficient (Wildman–Crippen LogP) is 4.84. The zero-order valence-corrected chi connectivity index (χ0v) is 26.6. The largest absolute Gasteiger partial charge is 0.462 e. The molecule has 4 aliphatic heterocycles. The Balaban J connectivity index is 1.36. The van der Waals surface area contributed by atoms with Crippen LogP contribution < -0.4 is 0 Å². The lowest BCUT2D eigenvalue weighted by Gasteiger charge is -2.49. The van der Waals surface area contributed by atoms with Gasteiger partial charge in [-0.25, -0.2) is 0 Å². The van der Waals surface area contributed by atoms with Crippen molar-refractivity contribution in [3.05, 3.63) is 59.3 Å². The van der Waals surface area contributed by atoms with E-state index in [1.54, 1.807) is 25.2 Å². The summed E-state index contributed by atoms with van der Waals surface area (Å²) in [6, 6.07) is 0. The van der Waals surface area contributed by atoms with Crippen LogP contribution in [0.25, 0.3) is 0 Å². The van der Waals surface area contributed by atoms with Crippen LogP contribution in [0, 0.1) is 23.7 Å². The number of allylic oxidation sites excluding steroid dienone is 2. The molecule has 11 unspecified atom stereocenters. The lowest BCUT2D eigenvalue weighted by Crippen LogP contribution is -2.58. The minimum Gasteiger partial charge on any atom is -0.462 e. The first-order chi connectivity index (χ1) is 21.0. The number of aliphatic hydroxyl groups excluding tert-OH is 2. The smallest absolute Gasteiger partial charge is 0.316 e. The molecule has 0 aromatic heterocycles. The molecule has 8 heteroatoms. The maximum Gasteiger partial charge on any atom is 0.316 e. The van der Waals surface area contributed by atoms with Gasteiger partial charge < -0.3 is 34.3 Å². The Bertz CT molecular complexity index is 1240. The minimum atomic E-state index is -1.76. The first-order valence-corrected chi connectivity index (χ1v) is 16.7. The lowest BCUT2D eigenvalue weighted by molar-refractivity contribution is -0.301. The fraction of sp³-hybridized carbons (Fsp3) is 0.694. The fourth-order valence-electron chi connectivity index (χ4n) is 8.28. The highest BCUT2D eigenvalue weighted by Crippen LogP contribution is 2.47. The predicted molar refractivity (Wildman–Crippen MR) is 165 cm³/mol. The molecule has 0 aromatic rings. The van der Waals surface area contributed by atoms with Gasteiger partial charge in [-0.2, -0.15) is 0 Å². The molecule has 0 amide bonds. The molecule has 1 saturated carbocycles. The topological polar surface area (TPSA) is 115 Å². The van der Waals surface area contributed by atoms with Crippen LogP contribution in [0.15, 0.2) is 59.3 Å². The molecule has 2 saturated heterocycles. The molecule has 242 valence electrons. The summed E-state index contributed by atoms with van der Waals surface area (Å²) in [6.45, 7) is 7.88. The van der Waals surface area contributed by atoms with Gasteiger partial charge in [0.05, 0.1) is 24.9 Å². The third kappa shape index (κ3) is 5.94. The van der Waals surface area contributed by atoms with E-state index in [4.69, 9.17) is 18.9 Å². The van der Waals surface area contributed by atoms with Crippen molar-refractivity contribution in [2.45, 2.75) is 127 Å². The van der Waals surface area contributed by atoms with Crippen LogP contribution in [0.2, 0.25) is 0 Å². The summed E-state index contributed by atoms with van der Waals surface area (Å²) >= 11 is 0. The van der Waals surface area contributed by atoms with E-state index in [0.717, 1.165) is 18.4 Å². The van der Waals surface area contributed by atoms with Gasteiger partial charge in [-0.15, -0.1) is 0 Å². The monoisotopic (exact) mass is 610 g/mol. The highest BCUT2D eigenvalue weighted by molar-refractivity contribution is 5.78. The summed E-state index contributed by atoms with van der Waals surface area (Å²) < 4.78 is 25.8. The standard InChI is InChI=1S/C36H50O8/c1-21-9-8-12-26-20-41-33-31(38)24(4)17-29(36(26,33)40)34(39)42-28-18-27(14-13-22(2)30(21)37)43-35(19-28)16-15-23(3)32(44-35)25-10-6-5-7-11-25/h8-9,12-13,15-17,21,23,25,27-33,37-38,40H,5-7,10-11,14,18-20H2,1-4H3. The second kappa shape index (κ2) is 12.6. The van der Waals surface area contributed by atoms with Gasteiger partial charge in [0, 0.05) is 24.7 Å². The fourth-order valence-corrected chi connectivity index (χ4v) is 8.28. The second-order valence-corrected chi connectivity index (χ2v) is 14.2. The van der Waals surface area contributed by atoms with Gasteiger partial charge in [-0.1, -0.05) is 69.6 Å². The Kier molecular flexibility index (Phi) is 9.14. The van der Waals surface area contributed by atoms with Crippen molar-refractivity contribution in [3.8, 4) is 0 Å². The Morgan fingerprint density at radius 2 is 1.70 bits per heavy atom. The third-order valence-electron chi connectivity index (χ3n) is 11.0. The molecule has 3 fully saturated rings. The number of rotatable bonds is 1. The van der Waals surface area contributed by atoms with E-state index in [-0.39, 0.29) is 30.7 Å². The van der Waals surface area contributed by atoms with Gasteiger partial charge in [0.1, 0.15) is 29.8 Å². The van der Waals surface area contributed by atoms with Gasteiger partial charge in [-0.05, 0) is 61.8 Å². The van der Waals surface area contributed by atoms with Crippen molar-refractivity contribution in [1.29, 1.82) is 0 Å². The molecule has 2 bridgehead atoms. The summed E-state index contributed by atoms with van der Waals surface area (Å²) in [4.78, 5) is 14.0. The van der Waals surface area contributed by atoms with E-state index in [9.17, 15) is 20.1 Å². The molecule has 2 aliphatic carbocycles. The highest BCUT2D eigenvalue weighted by Gasteiger charge is 2.60. The Hall–Kier alpha value is -2.07. The zero-order chi connectivity index (χ0) is 31.2. The number of carbonyl (C=O) groups excluding carboxylic acids is 1. The van der Waals surface area contributed by atoms with Crippen molar-refractivity contribution in [2.75, 3.05) is 6.61 Å². The molecular formula is C36H50O8. The van der Waals surface area contributed by atoms with Crippen LogP contribution in [0.5, 0.6) is 0 Å². The van der Waals surface area contributed by atoms with Crippen molar-refractivity contribution in [2.24, 2.45) is 23.7 Å². The number of fused-ring (bicyclic) bond motifs is 2. The molecule has 44 heavy (non-hydrogen) atoms. The van der Waals surface area contributed by atoms with E-state index in [0.29, 0.717) is 36.3 Å². The van der Waals surface area contributed by atoms with Gasteiger partial charge >= 0.3 is 5.97 Å². The van der Waals surface area contributed by atoms with E-state index >= 15 is 0 Å². The summed E-state index contributed by atoms with van der Waals surface area (Å²) in [5.41, 5.74) is 0.134. The Morgan fingerprint density at radius 3 is 2.48 bits per heavy atom. The maximum atomic E-state index is 14.0. The van der Waals surface area contributed by atoms with Gasteiger partial charge in [0.25, 0.3) is 0 Å². The number of ether oxygens (including phenoxy) is 4. The molecule has 0 radical (unpaired) electrons. The van der Waals surface area contributed by atoms with E-state index in [1.807, 2.05) is 32.1 Å². The lowest BCUT2D eigenvalue weighted by atomic mass is 9.71. The summed E-state index contributed by atoms with van der Waals surface area (Å²) in [7, 11) is 0. The molecule has 6 rings (SSSR count). The molecule has 3 N–H and O–H groups in total. The first-order valence-electron chi connectivity index (χ1n) is 16.7. The summed E-state index contributed by atoms with van der Waals surface area (Å²) in [5.74, 6) is -2.11. The molecule has 4 heterocycles. The van der Waals surface area contributed by atoms with Crippen LogP contribution >= 0.6 is 0 Å². The van der Waals surface area contributed by atoms with Crippen molar-refractivity contribution >= 4 is 5.97 Å². The van der Waals surface area contributed by atoms with Crippen molar-refractivity contribution in [3.63, 3.8) is 0 Å². The van der Waals surface area contributed by atoms with Crippen LogP contribution in [-0.4, -0.2) is 75.9 Å². The number of carbonyl (C=O) groups is 1. The third-order valence-corrected chi connectivity index (χ3v) is 11.0. The second-order valence-electron chi connectivity index (χ2n) is 14.2. The molecule has 6 aliphatic rings. The van der Waals surface area contributed by atoms with Crippen LogP contribution in [-0.2, 0) is 23.7 Å². The average molecular weight is 611 g/mol. The SMILES string of the molecule is CC1=CCC2CC(CC3(C=CC(C)C(C4CCCCC4)O3)O2)OC(=O)C2C=C(C)C(O)C3OCC(=CC=CC(C)C1O)C23O. The van der Waals surface area contributed by atoms with E-state index in [2.05, 4.69) is 13.0 Å². The number of aliphatic hydroxyl groups is 3. The Morgan fingerprint density at radius 1 is 0.932 bits per heavy atom. The number of hydrogen-bond acceptors (Lipinski definition) is 8. The molecular weight excluding hydrogens is 560 g/mol. The normalized spacial score (nSPS) is 45.3. The van der Waals surface area contributed by atoms with Crippen molar-refractivity contribution < 1.29 is 39.1 Å². The van der Waals surface area contributed by atoms with Crippen LogP contribution in [0.4, 0.5) is 0 Å². The average Bonchev–Trinajstić information content (AvgIpc) is 3.35. The van der Waals surface area contributed by atoms with E-state index in [1.165, 1.54) is 19.3 Å². The molecule has 0 aromatic carbocycles. The number of hydrogen-bond donors (Lipinski definition) is 3. The van der Waals surface area contributed by atoms with Gasteiger partial charge in [0.15, 0.2) is 5.79 Å². The summed E-state index contributed by atoms with van der Waals surface area (Å²) in [5, 5.41) is 34.2. The summed E-state index contributed by atoms with van der Waals surface area (Å²) in [6.07, 6.45) is 17.0. The molecule has 8 nitrogen and oxygen atoms in total. The van der Waals surface area contributed by atoms with Crippen molar-refractivity contribution in [1.82, 2.24) is 0 Å². The van der Waals surface area contributed by atoms with Gasteiger partial charge in [-0.3, -0.25) is 4.79 Å². The highest BCUT2D eigenvalue weighted by atomic mass is 16.7. The Labute approximate surface area is 261 Å². The molecule has 11 atom stereocenters. The zero-order valence-electron chi connectivity index (χ0n) is 26.6. The van der Waals surface area contributed by atoms with Crippen LogP contribution in [0.1, 0.15) is 79.1 Å². The quantitative estimate of drug-likeness (QED) is 0.286. The molecule has 1 spiro atoms. The first kappa shape index (κ1) is 31.9. The number of esters is 1. The van der Waals surface area contributed by atoms with Crippen LogP contribution in [0.3, 0.4) is 0 Å².